The fraction of sp³-hybridized carbons (Fsp3) is 0.200. The van der Waals surface area contributed by atoms with Crippen molar-refractivity contribution in [1.29, 1.82) is 0 Å². The van der Waals surface area contributed by atoms with Gasteiger partial charge in [0.25, 0.3) is 0 Å². The topological polar surface area (TPSA) is 59.3 Å². The van der Waals surface area contributed by atoms with Gasteiger partial charge in [-0.1, -0.05) is 22.9 Å². The Morgan fingerprint density at radius 2 is 2.18 bits per heavy atom. The number of nitrogens with zero attached hydrogens (tertiary/aromatic N) is 1. The Balaban J connectivity index is 2.35. The first-order valence-corrected chi connectivity index (χ1v) is 6.86. The molecule has 0 unspecified atom stereocenters. The molecular formula is C10H8ClNO3S2. The van der Waals surface area contributed by atoms with E-state index in [4.69, 9.17) is 16.7 Å². The van der Waals surface area contributed by atoms with Gasteiger partial charge in [-0.05, 0) is 6.07 Å². The van der Waals surface area contributed by atoms with Gasteiger partial charge in [-0.15, -0.1) is 11.3 Å². The maximum atomic E-state index is 11.6. The molecule has 2 aromatic rings. The molecule has 0 aromatic carbocycles. The summed E-state index contributed by atoms with van der Waals surface area (Å²) in [7, 11) is 0. The first kappa shape index (κ1) is 12.3. The third-order valence-corrected chi connectivity index (χ3v) is 4.05. The first-order chi connectivity index (χ1) is 8.08. The lowest BCUT2D eigenvalue weighted by Gasteiger charge is -2.03. The first-order valence-electron chi connectivity index (χ1n) is 4.72. The molecular weight excluding hydrogens is 282 g/mol. The zero-order valence-corrected chi connectivity index (χ0v) is 10.9. The van der Waals surface area contributed by atoms with Crippen molar-refractivity contribution in [3.8, 4) is 11.3 Å². The highest BCUT2D eigenvalue weighted by Crippen LogP contribution is 2.29. The number of hydrogen-bond donors (Lipinski definition) is 1. The Kier molecular flexibility index (Phi) is 3.66. The molecule has 2 aromatic heterocycles. The van der Waals surface area contributed by atoms with Crippen LogP contribution in [-0.2, 0) is 11.3 Å². The van der Waals surface area contributed by atoms with E-state index in [0.29, 0.717) is 4.34 Å². The standard InChI is InChI=1S/C10H8ClNO3S2/c11-8-3-6(4-16-8)7-5-17-10(15)12(7)2-1-9(13)14/h3-5H,1-2H2,(H,13,14). The van der Waals surface area contributed by atoms with Gasteiger partial charge in [0, 0.05) is 22.9 Å². The Hall–Kier alpha value is -1.11. The number of carbonyl (C=O) groups is 1. The minimum absolute atomic E-state index is 0.0679. The predicted molar refractivity (Wildman–Crippen MR) is 69.2 cm³/mol. The summed E-state index contributed by atoms with van der Waals surface area (Å²) in [5.41, 5.74) is 1.58. The molecule has 0 radical (unpaired) electrons. The molecule has 0 atom stereocenters. The second kappa shape index (κ2) is 5.03. The molecule has 17 heavy (non-hydrogen) atoms. The minimum atomic E-state index is -0.919. The number of halogens is 1. The molecule has 2 heterocycles. The fourth-order valence-corrected chi connectivity index (χ4v) is 3.09. The van der Waals surface area contributed by atoms with Crippen molar-refractivity contribution in [3.05, 3.63) is 30.8 Å². The second-order valence-electron chi connectivity index (χ2n) is 3.32. The van der Waals surface area contributed by atoms with Gasteiger partial charge in [-0.3, -0.25) is 14.2 Å². The van der Waals surface area contributed by atoms with Crippen LogP contribution in [-0.4, -0.2) is 15.6 Å². The van der Waals surface area contributed by atoms with E-state index in [0.717, 1.165) is 22.6 Å². The Morgan fingerprint density at radius 1 is 1.41 bits per heavy atom. The summed E-state index contributed by atoms with van der Waals surface area (Å²) >= 11 is 8.28. The van der Waals surface area contributed by atoms with Crippen molar-refractivity contribution in [2.75, 3.05) is 0 Å². The van der Waals surface area contributed by atoms with Crippen LogP contribution in [0.15, 0.2) is 21.6 Å². The molecule has 0 saturated carbocycles. The third kappa shape index (κ3) is 2.77. The van der Waals surface area contributed by atoms with E-state index >= 15 is 0 Å². The lowest BCUT2D eigenvalue weighted by molar-refractivity contribution is -0.137. The SMILES string of the molecule is O=C(O)CCn1c(-c2csc(Cl)c2)csc1=O. The smallest absolute Gasteiger partial charge is 0.307 e. The lowest BCUT2D eigenvalue weighted by Crippen LogP contribution is -2.16. The van der Waals surface area contributed by atoms with Crippen LogP contribution in [0.25, 0.3) is 11.3 Å². The monoisotopic (exact) mass is 289 g/mol. The summed E-state index contributed by atoms with van der Waals surface area (Å²) in [6.07, 6.45) is -0.0679. The predicted octanol–water partition coefficient (Wildman–Crippen LogP) is 2.77. The lowest BCUT2D eigenvalue weighted by atomic mass is 10.2. The van der Waals surface area contributed by atoms with Gasteiger partial charge in [0.1, 0.15) is 0 Å². The molecule has 0 amide bonds. The zero-order chi connectivity index (χ0) is 12.4. The van der Waals surface area contributed by atoms with Crippen molar-refractivity contribution in [2.45, 2.75) is 13.0 Å². The Bertz CT molecular complexity index is 599. The average Bonchev–Trinajstić information content (AvgIpc) is 2.82. The van der Waals surface area contributed by atoms with E-state index in [1.54, 1.807) is 11.4 Å². The summed E-state index contributed by atoms with van der Waals surface area (Å²) in [6, 6.07) is 1.77. The highest BCUT2D eigenvalue weighted by molar-refractivity contribution is 7.14. The zero-order valence-electron chi connectivity index (χ0n) is 8.55. The van der Waals surface area contributed by atoms with Gasteiger partial charge in [0.05, 0.1) is 16.5 Å². The number of aliphatic carboxylic acids is 1. The van der Waals surface area contributed by atoms with Crippen LogP contribution in [0.2, 0.25) is 4.34 Å². The van der Waals surface area contributed by atoms with Gasteiger partial charge in [0.15, 0.2) is 0 Å². The summed E-state index contributed by atoms with van der Waals surface area (Å²) in [5.74, 6) is -0.919. The van der Waals surface area contributed by atoms with Crippen molar-refractivity contribution >= 4 is 40.2 Å². The Labute approximate surface area is 110 Å². The van der Waals surface area contributed by atoms with Crippen LogP contribution in [0, 0.1) is 0 Å². The molecule has 0 spiro atoms. The molecule has 0 fully saturated rings. The summed E-state index contributed by atoms with van der Waals surface area (Å²) in [6.45, 7) is 0.181. The Morgan fingerprint density at radius 3 is 2.76 bits per heavy atom. The second-order valence-corrected chi connectivity index (χ2v) is 5.68. The van der Waals surface area contributed by atoms with E-state index in [1.807, 2.05) is 5.38 Å². The number of aromatic nitrogens is 1. The molecule has 7 heteroatoms. The molecule has 0 aliphatic carbocycles. The van der Waals surface area contributed by atoms with Gasteiger partial charge in [-0.25, -0.2) is 0 Å². The van der Waals surface area contributed by atoms with E-state index < -0.39 is 5.97 Å². The molecule has 0 aliphatic rings. The highest BCUT2D eigenvalue weighted by Gasteiger charge is 2.11. The molecule has 0 bridgehead atoms. The quantitative estimate of drug-likeness (QED) is 0.941. The molecule has 2 rings (SSSR count). The van der Waals surface area contributed by atoms with Crippen molar-refractivity contribution in [2.24, 2.45) is 0 Å². The van der Waals surface area contributed by atoms with Crippen LogP contribution in [0.5, 0.6) is 0 Å². The van der Waals surface area contributed by atoms with Crippen LogP contribution >= 0.6 is 34.3 Å². The van der Waals surface area contributed by atoms with E-state index in [-0.39, 0.29) is 17.8 Å². The van der Waals surface area contributed by atoms with Gasteiger partial charge >= 0.3 is 10.8 Å². The summed E-state index contributed by atoms with van der Waals surface area (Å²) < 4.78 is 2.11. The molecule has 0 saturated heterocycles. The van der Waals surface area contributed by atoms with E-state index in [9.17, 15) is 9.59 Å². The number of thiophene rings is 1. The van der Waals surface area contributed by atoms with Crippen molar-refractivity contribution < 1.29 is 9.90 Å². The number of carboxylic acids is 1. The van der Waals surface area contributed by atoms with E-state index in [1.165, 1.54) is 15.9 Å². The number of carboxylic acid groups (broad SMARTS) is 1. The number of thiazole rings is 1. The van der Waals surface area contributed by atoms with Crippen molar-refractivity contribution in [1.82, 2.24) is 4.57 Å². The summed E-state index contributed by atoms with van der Waals surface area (Å²) in [4.78, 5) is 22.0. The maximum absolute atomic E-state index is 11.6. The van der Waals surface area contributed by atoms with Crippen LogP contribution in [0.4, 0.5) is 0 Å². The molecule has 0 aliphatic heterocycles. The van der Waals surface area contributed by atoms with Crippen LogP contribution < -0.4 is 4.87 Å². The fourth-order valence-electron chi connectivity index (χ4n) is 1.42. The highest BCUT2D eigenvalue weighted by atomic mass is 35.5. The molecule has 90 valence electrons. The van der Waals surface area contributed by atoms with Crippen LogP contribution in [0.3, 0.4) is 0 Å². The molecule has 1 N–H and O–H groups in total. The van der Waals surface area contributed by atoms with Gasteiger partial charge < -0.3 is 5.11 Å². The molecule has 4 nitrogen and oxygen atoms in total. The van der Waals surface area contributed by atoms with Gasteiger partial charge in [0.2, 0.25) is 0 Å². The largest absolute Gasteiger partial charge is 0.481 e. The maximum Gasteiger partial charge on any atom is 0.307 e. The normalized spacial score (nSPS) is 10.6. The van der Waals surface area contributed by atoms with Gasteiger partial charge in [-0.2, -0.15) is 0 Å². The minimum Gasteiger partial charge on any atom is -0.481 e. The summed E-state index contributed by atoms with van der Waals surface area (Å²) in [5, 5.41) is 12.2. The van der Waals surface area contributed by atoms with Crippen LogP contribution in [0.1, 0.15) is 6.42 Å². The van der Waals surface area contributed by atoms with Crippen molar-refractivity contribution in [3.63, 3.8) is 0 Å². The number of hydrogen-bond acceptors (Lipinski definition) is 4. The number of rotatable bonds is 4. The third-order valence-electron chi connectivity index (χ3n) is 2.20. The average molecular weight is 290 g/mol. The van der Waals surface area contributed by atoms with E-state index in [2.05, 4.69) is 0 Å².